The minimum atomic E-state index is -0.359. The van der Waals surface area contributed by atoms with Gasteiger partial charge in [0.1, 0.15) is 1.41 Å². The molecular weight excluding hydrogens is 280 g/mol. The SMILES string of the molecule is [2H]N1CCN(c2ncccn2)CC1c1ccc(C(=O)OC)cc1. The molecule has 1 aromatic carbocycles. The quantitative estimate of drug-likeness (QED) is 0.865. The summed E-state index contributed by atoms with van der Waals surface area (Å²) in [5, 5.41) is 1.56. The zero-order valence-corrected chi connectivity index (χ0v) is 12.3. The summed E-state index contributed by atoms with van der Waals surface area (Å²) in [5.74, 6) is 0.319. The van der Waals surface area contributed by atoms with Gasteiger partial charge in [0.05, 0.1) is 12.7 Å². The van der Waals surface area contributed by atoms with Crippen LogP contribution in [-0.2, 0) is 4.74 Å². The molecule has 2 heterocycles. The van der Waals surface area contributed by atoms with Crippen LogP contribution in [0.3, 0.4) is 0 Å². The molecule has 1 aromatic heterocycles. The number of piperazine rings is 1. The Morgan fingerprint density at radius 3 is 2.77 bits per heavy atom. The summed E-state index contributed by atoms with van der Waals surface area (Å²) < 4.78 is 12.9. The molecule has 6 heteroatoms. The highest BCUT2D eigenvalue weighted by Crippen LogP contribution is 2.20. The summed E-state index contributed by atoms with van der Waals surface area (Å²) in [7, 11) is 1.36. The molecule has 2 aromatic rings. The molecule has 6 nitrogen and oxygen atoms in total. The second kappa shape index (κ2) is 6.53. The number of rotatable bonds is 3. The van der Waals surface area contributed by atoms with Crippen LogP contribution in [0.4, 0.5) is 5.95 Å². The van der Waals surface area contributed by atoms with Gasteiger partial charge in [-0.15, -0.1) is 0 Å². The topological polar surface area (TPSA) is 67.3 Å². The highest BCUT2D eigenvalue weighted by molar-refractivity contribution is 5.89. The number of carbonyl (C=O) groups excluding carboxylic acids is 1. The van der Waals surface area contributed by atoms with Crippen LogP contribution in [0.1, 0.15) is 22.0 Å². The van der Waals surface area contributed by atoms with Gasteiger partial charge in [-0.05, 0) is 23.8 Å². The van der Waals surface area contributed by atoms with E-state index in [1.807, 2.05) is 12.1 Å². The molecule has 1 fully saturated rings. The lowest BCUT2D eigenvalue weighted by Crippen LogP contribution is -2.46. The lowest BCUT2D eigenvalue weighted by atomic mass is 10.0. The molecule has 0 spiro atoms. The molecule has 1 aliphatic rings. The molecule has 0 amide bonds. The predicted molar refractivity (Wildman–Crippen MR) is 82.8 cm³/mol. The Labute approximate surface area is 130 Å². The van der Waals surface area contributed by atoms with E-state index in [0.29, 0.717) is 31.1 Å². The van der Waals surface area contributed by atoms with Gasteiger partial charge in [-0.2, -0.15) is 0 Å². The first kappa shape index (κ1) is 13.2. The van der Waals surface area contributed by atoms with Gasteiger partial charge >= 0.3 is 5.97 Å². The van der Waals surface area contributed by atoms with Crippen LogP contribution in [0.25, 0.3) is 0 Å². The van der Waals surface area contributed by atoms with Crippen molar-refractivity contribution in [2.75, 3.05) is 31.6 Å². The standard InChI is InChI=1S/C16H18N4O2/c1-22-15(21)13-5-3-12(4-6-13)14-11-20(10-9-17-14)16-18-7-2-8-19-16/h2-8,14,17H,9-11H2,1H3/i/hD. The molecule has 114 valence electrons. The first-order chi connectivity index (χ1) is 11.2. The Hall–Kier alpha value is -2.47. The maximum atomic E-state index is 11.5. The van der Waals surface area contributed by atoms with E-state index in [-0.39, 0.29) is 12.0 Å². The van der Waals surface area contributed by atoms with E-state index in [4.69, 9.17) is 6.15 Å². The fourth-order valence-electron chi connectivity index (χ4n) is 2.50. The van der Waals surface area contributed by atoms with Crippen molar-refractivity contribution in [3.8, 4) is 0 Å². The minimum absolute atomic E-state index is 0.0979. The van der Waals surface area contributed by atoms with Crippen LogP contribution in [-0.4, -0.2) is 42.7 Å². The van der Waals surface area contributed by atoms with E-state index in [9.17, 15) is 4.79 Å². The van der Waals surface area contributed by atoms with Gasteiger partial charge in [-0.1, -0.05) is 12.1 Å². The molecule has 0 bridgehead atoms. The largest absolute Gasteiger partial charge is 0.465 e. The molecule has 3 rings (SSSR count). The van der Waals surface area contributed by atoms with Crippen molar-refractivity contribution < 1.29 is 10.9 Å². The maximum Gasteiger partial charge on any atom is 0.337 e. The number of hydrogen-bond donors (Lipinski definition) is 1. The monoisotopic (exact) mass is 299 g/mol. The van der Waals surface area contributed by atoms with E-state index < -0.39 is 0 Å². The highest BCUT2D eigenvalue weighted by Gasteiger charge is 2.22. The summed E-state index contributed by atoms with van der Waals surface area (Å²) >= 11 is 0. The van der Waals surface area contributed by atoms with E-state index in [2.05, 4.69) is 14.9 Å². The number of nitrogens with one attached hydrogen (secondary N) is 1. The minimum Gasteiger partial charge on any atom is -0.465 e. The zero-order valence-electron chi connectivity index (χ0n) is 13.3. The van der Waals surface area contributed by atoms with Crippen LogP contribution >= 0.6 is 0 Å². The van der Waals surface area contributed by atoms with Crippen molar-refractivity contribution in [1.29, 1.82) is 0 Å². The summed E-state index contributed by atoms with van der Waals surface area (Å²) in [6, 6.07) is 8.88. The average Bonchev–Trinajstić information content (AvgIpc) is 2.62. The van der Waals surface area contributed by atoms with Crippen LogP contribution < -0.4 is 10.2 Å². The van der Waals surface area contributed by atoms with Gasteiger partial charge in [0, 0.05) is 38.1 Å². The summed E-state index contributed by atoms with van der Waals surface area (Å²) in [4.78, 5) is 22.1. The number of anilines is 1. The van der Waals surface area contributed by atoms with Crippen molar-refractivity contribution in [3.63, 3.8) is 0 Å². The molecule has 1 N–H and O–H groups in total. The Bertz CT molecular complexity index is 666. The van der Waals surface area contributed by atoms with Crippen molar-refractivity contribution in [1.82, 2.24) is 15.3 Å². The van der Waals surface area contributed by atoms with Gasteiger partial charge in [0.25, 0.3) is 0 Å². The lowest BCUT2D eigenvalue weighted by Gasteiger charge is -2.33. The fourth-order valence-corrected chi connectivity index (χ4v) is 2.50. The van der Waals surface area contributed by atoms with Crippen molar-refractivity contribution in [2.24, 2.45) is 0 Å². The smallest absolute Gasteiger partial charge is 0.337 e. The number of esters is 1. The average molecular weight is 299 g/mol. The van der Waals surface area contributed by atoms with Gasteiger partial charge in [-0.25, -0.2) is 14.8 Å². The van der Waals surface area contributed by atoms with Crippen LogP contribution in [0, 0.1) is 0 Å². The lowest BCUT2D eigenvalue weighted by molar-refractivity contribution is 0.0600. The molecule has 1 aliphatic heterocycles. The molecule has 0 radical (unpaired) electrons. The molecular formula is C16H18N4O2. The second-order valence-electron chi connectivity index (χ2n) is 5.03. The van der Waals surface area contributed by atoms with Gasteiger partial charge in [0.15, 0.2) is 0 Å². The van der Waals surface area contributed by atoms with Crippen LogP contribution in [0.5, 0.6) is 0 Å². The molecule has 1 atom stereocenters. The number of nitrogens with zero attached hydrogens (tertiary/aromatic N) is 3. The van der Waals surface area contributed by atoms with E-state index in [0.717, 1.165) is 5.56 Å². The van der Waals surface area contributed by atoms with E-state index >= 15 is 0 Å². The number of aromatic nitrogens is 2. The molecule has 0 saturated carbocycles. The van der Waals surface area contributed by atoms with E-state index in [1.165, 1.54) is 7.11 Å². The second-order valence-corrected chi connectivity index (χ2v) is 5.03. The molecule has 1 unspecified atom stereocenters. The third kappa shape index (κ3) is 3.07. The number of benzene rings is 1. The first-order valence-corrected chi connectivity index (χ1v) is 7.15. The van der Waals surface area contributed by atoms with Gasteiger partial charge < -0.3 is 14.9 Å². The Kier molecular flexibility index (Phi) is 3.92. The fraction of sp³-hybridized carbons (Fsp3) is 0.312. The molecule has 0 aliphatic carbocycles. The number of methoxy groups -OCH3 is 1. The maximum absolute atomic E-state index is 11.5. The van der Waals surface area contributed by atoms with Gasteiger partial charge in [-0.3, -0.25) is 0 Å². The van der Waals surface area contributed by atoms with Crippen molar-refractivity contribution >= 4 is 11.9 Å². The third-order valence-electron chi connectivity index (χ3n) is 3.66. The summed E-state index contributed by atoms with van der Waals surface area (Å²) in [6.45, 7) is 1.94. The predicted octanol–water partition coefficient (Wildman–Crippen LogP) is 1.41. The molecule has 1 saturated heterocycles. The van der Waals surface area contributed by atoms with E-state index in [1.54, 1.807) is 35.9 Å². The molecule has 22 heavy (non-hydrogen) atoms. The van der Waals surface area contributed by atoms with Crippen LogP contribution in [0.15, 0.2) is 42.7 Å². The van der Waals surface area contributed by atoms with Gasteiger partial charge in [0.2, 0.25) is 5.95 Å². The Morgan fingerprint density at radius 2 is 2.09 bits per heavy atom. The number of ether oxygens (including phenoxy) is 1. The highest BCUT2D eigenvalue weighted by atomic mass is 16.5. The number of carbonyl (C=O) groups is 1. The Balaban J connectivity index is 1.79. The summed E-state index contributed by atoms with van der Waals surface area (Å²) in [5.41, 5.74) is 1.49. The third-order valence-corrected chi connectivity index (χ3v) is 3.66. The normalized spacial score (nSPS) is 19.6. The first-order valence-electron chi connectivity index (χ1n) is 7.59. The van der Waals surface area contributed by atoms with Crippen LogP contribution in [0.2, 0.25) is 1.41 Å². The Morgan fingerprint density at radius 1 is 1.36 bits per heavy atom. The summed E-state index contributed by atoms with van der Waals surface area (Å²) in [6.07, 6.45) is 3.44. The number of hydrogen-bond acceptors (Lipinski definition) is 6. The van der Waals surface area contributed by atoms with Crippen molar-refractivity contribution in [3.05, 3.63) is 53.9 Å². The zero-order chi connectivity index (χ0) is 16.2. The van der Waals surface area contributed by atoms with Crippen molar-refractivity contribution in [2.45, 2.75) is 6.04 Å².